The van der Waals surface area contributed by atoms with Gasteiger partial charge in [-0.3, -0.25) is 9.59 Å². The molecule has 1 atom stereocenters. The Morgan fingerprint density at radius 3 is 2.79 bits per heavy atom. The van der Waals surface area contributed by atoms with Gasteiger partial charge in [0.2, 0.25) is 5.91 Å². The number of hydrogen-bond donors (Lipinski definition) is 2. The molecule has 1 fully saturated rings. The van der Waals surface area contributed by atoms with Crippen LogP contribution >= 0.6 is 12.6 Å². The molecule has 2 amide bonds. The highest BCUT2D eigenvalue weighted by Crippen LogP contribution is 2.20. The van der Waals surface area contributed by atoms with Crippen LogP contribution in [0.15, 0.2) is 23.1 Å². The van der Waals surface area contributed by atoms with E-state index in [2.05, 4.69) is 12.6 Å². The van der Waals surface area contributed by atoms with Crippen molar-refractivity contribution in [2.45, 2.75) is 17.7 Å². The zero-order valence-corrected chi connectivity index (χ0v) is 11.2. The number of nitrogens with zero attached hydrogens (tertiary/aromatic N) is 1. The number of halogens is 1. The topological polar surface area (TPSA) is 63.4 Å². The molecule has 102 valence electrons. The Labute approximate surface area is 116 Å². The van der Waals surface area contributed by atoms with Gasteiger partial charge < -0.3 is 10.6 Å². The van der Waals surface area contributed by atoms with E-state index < -0.39 is 5.82 Å². The lowest BCUT2D eigenvalue weighted by atomic mass is 9.97. The Morgan fingerprint density at radius 1 is 1.42 bits per heavy atom. The second-order valence-electron chi connectivity index (χ2n) is 4.66. The molecule has 6 heteroatoms. The number of piperidine rings is 1. The van der Waals surface area contributed by atoms with Gasteiger partial charge in [-0.25, -0.2) is 4.39 Å². The Balaban J connectivity index is 2.14. The van der Waals surface area contributed by atoms with Gasteiger partial charge in [0, 0.05) is 23.5 Å². The molecule has 1 aromatic rings. The second-order valence-corrected chi connectivity index (χ2v) is 5.14. The number of carbonyl (C=O) groups excluding carboxylic acids is 2. The van der Waals surface area contributed by atoms with Gasteiger partial charge in [-0.05, 0) is 31.0 Å². The molecule has 0 aliphatic carbocycles. The summed E-state index contributed by atoms with van der Waals surface area (Å²) in [6.45, 7) is 0.912. The van der Waals surface area contributed by atoms with E-state index in [1.165, 1.54) is 18.2 Å². The number of benzene rings is 1. The Bertz CT molecular complexity index is 521. The van der Waals surface area contributed by atoms with E-state index in [0.29, 0.717) is 25.1 Å². The third kappa shape index (κ3) is 3.07. The van der Waals surface area contributed by atoms with Crippen molar-refractivity contribution in [3.8, 4) is 0 Å². The molecule has 1 heterocycles. The van der Waals surface area contributed by atoms with Crippen LogP contribution in [0.4, 0.5) is 4.39 Å². The molecule has 1 aromatic carbocycles. The van der Waals surface area contributed by atoms with Gasteiger partial charge >= 0.3 is 0 Å². The summed E-state index contributed by atoms with van der Waals surface area (Å²) in [6.07, 6.45) is 1.45. The van der Waals surface area contributed by atoms with Gasteiger partial charge in [-0.15, -0.1) is 12.6 Å². The summed E-state index contributed by atoms with van der Waals surface area (Å²) in [6, 6.07) is 4.03. The fourth-order valence-electron chi connectivity index (χ4n) is 2.22. The average Bonchev–Trinajstić information content (AvgIpc) is 2.41. The maximum atomic E-state index is 13.1. The molecule has 0 aromatic heterocycles. The minimum atomic E-state index is -0.464. The Morgan fingerprint density at radius 2 is 2.16 bits per heavy atom. The van der Waals surface area contributed by atoms with E-state index in [1.54, 1.807) is 4.90 Å². The molecular weight excluding hydrogens is 267 g/mol. The van der Waals surface area contributed by atoms with Crippen molar-refractivity contribution in [3.63, 3.8) is 0 Å². The SMILES string of the molecule is NC(=O)C1CCCN(C(=O)c2ccc(F)c(S)c2)C1. The lowest BCUT2D eigenvalue weighted by Gasteiger charge is -2.31. The maximum absolute atomic E-state index is 13.1. The number of likely N-dealkylation sites (tertiary alicyclic amines) is 1. The molecule has 4 nitrogen and oxygen atoms in total. The van der Waals surface area contributed by atoms with E-state index in [-0.39, 0.29) is 22.6 Å². The summed E-state index contributed by atoms with van der Waals surface area (Å²) in [7, 11) is 0. The summed E-state index contributed by atoms with van der Waals surface area (Å²) < 4.78 is 13.1. The van der Waals surface area contributed by atoms with Crippen LogP contribution in [0.5, 0.6) is 0 Å². The summed E-state index contributed by atoms with van der Waals surface area (Å²) in [5.41, 5.74) is 5.65. The van der Waals surface area contributed by atoms with Crippen molar-refractivity contribution in [2.75, 3.05) is 13.1 Å². The number of hydrogen-bond acceptors (Lipinski definition) is 3. The molecule has 0 radical (unpaired) electrons. The number of thiol groups is 1. The predicted octanol–water partition coefficient (Wildman–Crippen LogP) is 1.45. The van der Waals surface area contributed by atoms with Crippen molar-refractivity contribution in [2.24, 2.45) is 11.7 Å². The van der Waals surface area contributed by atoms with Crippen molar-refractivity contribution in [1.82, 2.24) is 4.90 Å². The molecule has 2 rings (SSSR count). The number of carbonyl (C=O) groups is 2. The maximum Gasteiger partial charge on any atom is 0.253 e. The van der Waals surface area contributed by atoms with Gasteiger partial charge in [-0.2, -0.15) is 0 Å². The lowest BCUT2D eigenvalue weighted by molar-refractivity contribution is -0.123. The minimum absolute atomic E-state index is 0.134. The Hall–Kier alpha value is -1.56. The molecule has 19 heavy (non-hydrogen) atoms. The fourth-order valence-corrected chi connectivity index (χ4v) is 2.44. The smallest absolute Gasteiger partial charge is 0.253 e. The van der Waals surface area contributed by atoms with Gasteiger partial charge in [0.1, 0.15) is 5.82 Å². The quantitative estimate of drug-likeness (QED) is 0.806. The van der Waals surface area contributed by atoms with Crippen LogP contribution in [0.25, 0.3) is 0 Å². The van der Waals surface area contributed by atoms with E-state index in [1.807, 2.05) is 0 Å². The average molecular weight is 282 g/mol. The molecule has 0 spiro atoms. The zero-order chi connectivity index (χ0) is 14.0. The summed E-state index contributed by atoms with van der Waals surface area (Å²) >= 11 is 3.96. The standard InChI is InChI=1S/C13H15FN2O2S/c14-10-4-3-8(6-11(10)19)13(18)16-5-1-2-9(7-16)12(15)17/h3-4,6,9,19H,1-2,5,7H2,(H2,15,17). The largest absolute Gasteiger partial charge is 0.369 e. The highest BCUT2D eigenvalue weighted by atomic mass is 32.1. The van der Waals surface area contributed by atoms with Crippen LogP contribution in [-0.2, 0) is 4.79 Å². The van der Waals surface area contributed by atoms with Crippen LogP contribution in [0.2, 0.25) is 0 Å². The van der Waals surface area contributed by atoms with E-state index >= 15 is 0 Å². The molecule has 0 bridgehead atoms. The van der Waals surface area contributed by atoms with Gasteiger partial charge in [0.15, 0.2) is 0 Å². The first-order valence-corrected chi connectivity index (χ1v) is 6.51. The highest BCUT2D eigenvalue weighted by Gasteiger charge is 2.27. The van der Waals surface area contributed by atoms with Crippen LogP contribution in [0.1, 0.15) is 23.2 Å². The van der Waals surface area contributed by atoms with Crippen LogP contribution in [0, 0.1) is 11.7 Å². The molecule has 1 aliphatic rings. The van der Waals surface area contributed by atoms with Crippen molar-refractivity contribution >= 4 is 24.4 Å². The van der Waals surface area contributed by atoms with Crippen molar-refractivity contribution < 1.29 is 14.0 Å². The monoisotopic (exact) mass is 282 g/mol. The number of rotatable bonds is 2. The molecule has 1 unspecified atom stereocenters. The third-order valence-corrected chi connectivity index (χ3v) is 3.65. The minimum Gasteiger partial charge on any atom is -0.369 e. The van der Waals surface area contributed by atoms with Gasteiger partial charge in [0.25, 0.3) is 5.91 Å². The van der Waals surface area contributed by atoms with Crippen molar-refractivity contribution in [1.29, 1.82) is 0 Å². The van der Waals surface area contributed by atoms with Gasteiger partial charge in [-0.1, -0.05) is 0 Å². The number of amides is 2. The fraction of sp³-hybridized carbons (Fsp3) is 0.385. The van der Waals surface area contributed by atoms with Crippen LogP contribution in [0.3, 0.4) is 0 Å². The molecule has 1 saturated heterocycles. The Kier molecular flexibility index (Phi) is 4.09. The van der Waals surface area contributed by atoms with Crippen LogP contribution < -0.4 is 5.73 Å². The zero-order valence-electron chi connectivity index (χ0n) is 10.3. The van der Waals surface area contributed by atoms with Gasteiger partial charge in [0.05, 0.1) is 5.92 Å². The van der Waals surface area contributed by atoms with Crippen molar-refractivity contribution in [3.05, 3.63) is 29.6 Å². The van der Waals surface area contributed by atoms with E-state index in [4.69, 9.17) is 5.73 Å². The second kappa shape index (κ2) is 5.61. The third-order valence-electron chi connectivity index (χ3n) is 3.30. The lowest BCUT2D eigenvalue weighted by Crippen LogP contribution is -2.44. The van der Waals surface area contributed by atoms with Crippen LogP contribution in [-0.4, -0.2) is 29.8 Å². The highest BCUT2D eigenvalue weighted by molar-refractivity contribution is 7.80. The molecular formula is C13H15FN2O2S. The van der Waals surface area contributed by atoms with E-state index in [9.17, 15) is 14.0 Å². The van der Waals surface area contributed by atoms with E-state index in [0.717, 1.165) is 6.42 Å². The number of nitrogens with two attached hydrogens (primary N) is 1. The molecule has 2 N–H and O–H groups in total. The summed E-state index contributed by atoms with van der Waals surface area (Å²) in [4.78, 5) is 25.1. The normalized spacial score (nSPS) is 19.3. The first-order valence-electron chi connectivity index (χ1n) is 6.06. The molecule has 1 aliphatic heterocycles. The summed E-state index contributed by atoms with van der Waals surface area (Å²) in [5.74, 6) is -1.37. The molecule has 0 saturated carbocycles. The number of primary amides is 1. The first-order chi connectivity index (χ1) is 8.99. The first kappa shape index (κ1) is 13.9. The summed E-state index contributed by atoms with van der Waals surface area (Å²) in [5, 5.41) is 0. The predicted molar refractivity (Wildman–Crippen MR) is 71.5 cm³/mol.